The summed E-state index contributed by atoms with van der Waals surface area (Å²) >= 11 is 0. The van der Waals surface area contributed by atoms with Crippen LogP contribution in [-0.4, -0.2) is 55.7 Å². The fourth-order valence-corrected chi connectivity index (χ4v) is 5.05. The average molecular weight is 600 g/mol. The fraction of sp³-hybridized carbons (Fsp3) is 0.321. The number of nitrogens with one attached hydrogen (secondary N) is 3. The molecule has 0 spiro atoms. The third-order valence-corrected chi connectivity index (χ3v) is 7.08. The van der Waals surface area contributed by atoms with Gasteiger partial charge in [0.2, 0.25) is 0 Å². The number of fused-ring (bicyclic) bond motifs is 1. The van der Waals surface area contributed by atoms with Crippen molar-refractivity contribution in [1.29, 1.82) is 0 Å². The van der Waals surface area contributed by atoms with Crippen LogP contribution in [0.15, 0.2) is 48.9 Å². The molecule has 5 rings (SSSR count). The van der Waals surface area contributed by atoms with E-state index in [0.717, 1.165) is 18.0 Å². The van der Waals surface area contributed by atoms with E-state index in [1.807, 2.05) is 19.9 Å². The Hall–Kier alpha value is -4.95. The number of halogens is 4. The molecule has 5 N–H and O–H groups in total. The second-order valence-corrected chi connectivity index (χ2v) is 10.5. The number of hydrogen-bond donors (Lipinski definition) is 4. The Morgan fingerprint density at radius 1 is 1.05 bits per heavy atom. The summed E-state index contributed by atoms with van der Waals surface area (Å²) in [6, 6.07) is 6.39. The van der Waals surface area contributed by atoms with Crippen LogP contribution in [0.1, 0.15) is 43.9 Å². The monoisotopic (exact) mass is 599 g/mol. The maximum atomic E-state index is 15.2. The number of carbonyl (C=O) groups excluding carboxylic acids is 2. The first kappa shape index (κ1) is 29.5. The molecule has 0 aliphatic carbocycles. The summed E-state index contributed by atoms with van der Waals surface area (Å²) in [5.74, 6) is -0.886. The highest BCUT2D eigenvalue weighted by Crippen LogP contribution is 2.37. The van der Waals surface area contributed by atoms with Gasteiger partial charge >= 0.3 is 18.2 Å². The van der Waals surface area contributed by atoms with Gasteiger partial charge in [0.1, 0.15) is 23.5 Å². The van der Waals surface area contributed by atoms with Crippen LogP contribution in [0.5, 0.6) is 0 Å². The number of amides is 4. The number of hydrogen-bond acceptors (Lipinski definition) is 6. The van der Waals surface area contributed by atoms with E-state index >= 15 is 4.39 Å². The average Bonchev–Trinajstić information content (AvgIpc) is 3.34. The lowest BCUT2D eigenvalue weighted by Crippen LogP contribution is -2.46. The third kappa shape index (κ3) is 6.44. The van der Waals surface area contributed by atoms with Crippen LogP contribution in [0, 0.1) is 5.82 Å². The van der Waals surface area contributed by atoms with Gasteiger partial charge in [0, 0.05) is 42.5 Å². The number of carbonyl (C=O) groups is 2. The number of urea groups is 2. The molecule has 1 aliphatic heterocycles. The normalized spacial score (nSPS) is 14.3. The number of nitrogen functional groups attached to an aromatic ring is 1. The summed E-state index contributed by atoms with van der Waals surface area (Å²) < 4.78 is 55.8. The molecule has 0 atom stereocenters. The first-order chi connectivity index (χ1) is 20.4. The molecule has 1 aromatic carbocycles. The maximum absolute atomic E-state index is 15.2. The van der Waals surface area contributed by atoms with E-state index in [9.17, 15) is 22.8 Å². The van der Waals surface area contributed by atoms with Crippen LogP contribution >= 0.6 is 0 Å². The maximum Gasteiger partial charge on any atom is 0.416 e. The van der Waals surface area contributed by atoms with E-state index in [0.29, 0.717) is 48.6 Å². The standard InChI is InChI=1S/C28H29F4N9O2/c1-15(2)37-27(43)40-9-6-16(7-10-40)22-13-19(24-25(33)35-14-36-41(22)24)17-3-4-21(20(29)11-17)38-26(42)39-23-12-18(5-8-34-23)28(30,31)32/h3-5,8,11-16H,6-7,9-10H2,1-2H3,(H,37,43)(H2,33,35,36)(H2,34,38,39,42). The van der Waals surface area contributed by atoms with Crippen LogP contribution in [0.4, 0.5) is 44.5 Å². The van der Waals surface area contributed by atoms with Gasteiger partial charge in [-0.1, -0.05) is 6.07 Å². The molecule has 0 unspecified atom stereocenters. The molecular formula is C28H29F4N9O2. The van der Waals surface area contributed by atoms with Gasteiger partial charge in [-0.05, 0) is 62.6 Å². The van der Waals surface area contributed by atoms with Crippen LogP contribution < -0.4 is 21.7 Å². The second-order valence-electron chi connectivity index (χ2n) is 10.5. The molecule has 4 aromatic rings. The van der Waals surface area contributed by atoms with Gasteiger partial charge in [-0.2, -0.15) is 18.3 Å². The van der Waals surface area contributed by atoms with E-state index in [4.69, 9.17) is 5.73 Å². The van der Waals surface area contributed by atoms with Crippen molar-refractivity contribution in [3.63, 3.8) is 0 Å². The number of pyridine rings is 1. The van der Waals surface area contributed by atoms with Crippen molar-refractivity contribution in [2.45, 2.75) is 44.8 Å². The highest BCUT2D eigenvalue weighted by atomic mass is 19.4. The van der Waals surface area contributed by atoms with Gasteiger partial charge in [-0.25, -0.2) is 28.5 Å². The van der Waals surface area contributed by atoms with Gasteiger partial charge in [-0.3, -0.25) is 5.32 Å². The zero-order valence-electron chi connectivity index (χ0n) is 23.2. The summed E-state index contributed by atoms with van der Waals surface area (Å²) in [5, 5.41) is 11.8. The number of benzene rings is 1. The molecule has 0 radical (unpaired) electrons. The fourth-order valence-electron chi connectivity index (χ4n) is 5.05. The summed E-state index contributed by atoms with van der Waals surface area (Å²) in [7, 11) is 0. The molecule has 3 aromatic heterocycles. The first-order valence-electron chi connectivity index (χ1n) is 13.5. The third-order valence-electron chi connectivity index (χ3n) is 7.08. The lowest BCUT2D eigenvalue weighted by atomic mass is 9.93. The first-order valence-corrected chi connectivity index (χ1v) is 13.5. The van der Waals surface area contributed by atoms with E-state index in [1.54, 1.807) is 15.5 Å². The predicted octanol–water partition coefficient (Wildman–Crippen LogP) is 5.47. The van der Waals surface area contributed by atoms with Crippen molar-refractivity contribution in [1.82, 2.24) is 29.8 Å². The predicted molar refractivity (Wildman–Crippen MR) is 152 cm³/mol. The van der Waals surface area contributed by atoms with Crippen LogP contribution in [0.2, 0.25) is 0 Å². The molecule has 1 saturated heterocycles. The Bertz CT molecular complexity index is 1660. The highest BCUT2D eigenvalue weighted by molar-refractivity contribution is 5.99. The lowest BCUT2D eigenvalue weighted by Gasteiger charge is -2.32. The van der Waals surface area contributed by atoms with E-state index < -0.39 is 23.6 Å². The highest BCUT2D eigenvalue weighted by Gasteiger charge is 2.31. The minimum absolute atomic E-state index is 0.0331. The Kier molecular flexibility index (Phi) is 8.06. The van der Waals surface area contributed by atoms with E-state index in [-0.39, 0.29) is 35.3 Å². The van der Waals surface area contributed by atoms with Gasteiger partial charge in [0.25, 0.3) is 0 Å². The Morgan fingerprint density at radius 3 is 2.47 bits per heavy atom. The Labute approximate surface area is 243 Å². The Morgan fingerprint density at radius 2 is 1.79 bits per heavy atom. The molecule has 11 nitrogen and oxygen atoms in total. The summed E-state index contributed by atoms with van der Waals surface area (Å²) in [6.45, 7) is 4.92. The smallest absolute Gasteiger partial charge is 0.382 e. The number of aromatic nitrogens is 4. The van der Waals surface area contributed by atoms with Crippen LogP contribution in [0.25, 0.3) is 16.6 Å². The quantitative estimate of drug-likeness (QED) is 0.224. The molecule has 0 bridgehead atoms. The van der Waals surface area contributed by atoms with Gasteiger partial charge in [0.05, 0.1) is 11.3 Å². The molecule has 1 fully saturated rings. The van der Waals surface area contributed by atoms with Gasteiger partial charge < -0.3 is 21.3 Å². The van der Waals surface area contributed by atoms with Gasteiger partial charge in [-0.15, -0.1) is 0 Å². The number of likely N-dealkylation sites (tertiary alicyclic amines) is 1. The number of rotatable bonds is 5. The van der Waals surface area contributed by atoms with Crippen LogP contribution in [0.3, 0.4) is 0 Å². The lowest BCUT2D eigenvalue weighted by molar-refractivity contribution is -0.137. The zero-order valence-corrected chi connectivity index (χ0v) is 23.2. The van der Waals surface area contributed by atoms with Crippen molar-refractivity contribution in [2.75, 3.05) is 29.5 Å². The summed E-state index contributed by atoms with van der Waals surface area (Å²) in [5.41, 5.74) is 7.40. The van der Waals surface area contributed by atoms with Crippen molar-refractivity contribution in [2.24, 2.45) is 0 Å². The second kappa shape index (κ2) is 11.7. The zero-order chi connectivity index (χ0) is 30.9. The van der Waals surface area contributed by atoms with Crippen LogP contribution in [-0.2, 0) is 6.18 Å². The Balaban J connectivity index is 1.35. The largest absolute Gasteiger partial charge is 0.416 e. The summed E-state index contributed by atoms with van der Waals surface area (Å²) in [4.78, 5) is 34.4. The molecule has 15 heteroatoms. The number of anilines is 3. The number of alkyl halides is 3. The van der Waals surface area contributed by atoms with Crippen molar-refractivity contribution < 1.29 is 27.2 Å². The minimum atomic E-state index is -4.61. The van der Waals surface area contributed by atoms with Crippen molar-refractivity contribution >= 4 is 34.9 Å². The molecule has 226 valence electrons. The van der Waals surface area contributed by atoms with E-state index in [2.05, 4.69) is 31.0 Å². The molecule has 1 aliphatic rings. The number of nitrogens with zero attached hydrogens (tertiary/aromatic N) is 5. The topological polar surface area (TPSA) is 143 Å². The summed E-state index contributed by atoms with van der Waals surface area (Å²) in [6.07, 6.45) is -0.988. The molecule has 43 heavy (non-hydrogen) atoms. The van der Waals surface area contributed by atoms with E-state index in [1.165, 1.54) is 18.5 Å². The number of nitrogens with two attached hydrogens (primary N) is 1. The minimum Gasteiger partial charge on any atom is -0.382 e. The number of piperidine rings is 1. The van der Waals surface area contributed by atoms with Gasteiger partial charge in [0.15, 0.2) is 5.82 Å². The molecule has 0 saturated carbocycles. The molecule has 4 heterocycles. The molecule has 4 amide bonds. The van der Waals surface area contributed by atoms with Crippen molar-refractivity contribution in [3.8, 4) is 11.1 Å². The SMILES string of the molecule is CC(C)NC(=O)N1CCC(c2cc(-c3ccc(NC(=O)Nc4cc(C(F)(F)F)ccn4)c(F)c3)c3c(N)ncnn23)CC1. The van der Waals surface area contributed by atoms with Crippen molar-refractivity contribution in [3.05, 3.63) is 66.0 Å². The molecular weight excluding hydrogens is 570 g/mol.